The van der Waals surface area contributed by atoms with Gasteiger partial charge in [-0.15, -0.1) is 0 Å². The molecule has 0 unspecified atom stereocenters. The topological polar surface area (TPSA) is 53.2 Å². The number of amides is 1. The summed E-state index contributed by atoms with van der Waals surface area (Å²) < 4.78 is 0.297. The van der Waals surface area contributed by atoms with Crippen LogP contribution < -0.4 is 16.0 Å². The molecule has 0 aliphatic heterocycles. The first kappa shape index (κ1) is 22.2. The Bertz CT molecular complexity index is 783. The first-order valence-electron chi connectivity index (χ1n) is 7.11. The molecule has 0 saturated carbocycles. The van der Waals surface area contributed by atoms with Crippen LogP contribution in [0.5, 0.6) is 0 Å². The number of rotatable bonds is 4. The van der Waals surface area contributed by atoms with Crippen molar-refractivity contribution in [3.63, 3.8) is 0 Å². The van der Waals surface area contributed by atoms with Gasteiger partial charge in [-0.25, -0.2) is 0 Å². The molecule has 2 aromatic rings. The van der Waals surface area contributed by atoms with Crippen molar-refractivity contribution in [2.75, 3.05) is 5.32 Å². The third kappa shape index (κ3) is 7.16. The number of anilines is 1. The summed E-state index contributed by atoms with van der Waals surface area (Å²) in [5, 5.41) is 8.66. The highest BCUT2D eigenvalue weighted by molar-refractivity contribution is 14.1. The molecule has 0 aliphatic rings. The molecule has 2 rings (SSSR count). The molecule has 138 valence electrons. The van der Waals surface area contributed by atoms with Crippen LogP contribution in [0.3, 0.4) is 0 Å². The molecule has 3 N–H and O–H groups in total. The maximum Gasteiger partial charge on any atom is 0.252 e. The number of halogens is 5. The van der Waals surface area contributed by atoms with Crippen molar-refractivity contribution in [2.45, 2.75) is 9.96 Å². The van der Waals surface area contributed by atoms with E-state index in [0.29, 0.717) is 5.56 Å². The zero-order chi connectivity index (χ0) is 19.3. The Kier molecular flexibility index (Phi) is 8.48. The van der Waals surface area contributed by atoms with Crippen LogP contribution in [-0.4, -0.2) is 21.0 Å². The average molecular weight is 655 g/mol. The number of hydrogen-bond acceptors (Lipinski definition) is 2. The van der Waals surface area contributed by atoms with Gasteiger partial charge in [0.1, 0.15) is 6.17 Å². The van der Waals surface area contributed by atoms with Gasteiger partial charge >= 0.3 is 0 Å². The monoisotopic (exact) mass is 653 g/mol. The Hall–Kier alpha value is -0.0700. The zero-order valence-electron chi connectivity index (χ0n) is 12.9. The normalized spacial score (nSPS) is 12.2. The fourth-order valence-corrected chi connectivity index (χ4v) is 3.13. The van der Waals surface area contributed by atoms with Crippen LogP contribution in [0.1, 0.15) is 10.4 Å². The van der Waals surface area contributed by atoms with Gasteiger partial charge in [0.05, 0.1) is 0 Å². The van der Waals surface area contributed by atoms with E-state index in [1.54, 1.807) is 12.1 Å². The van der Waals surface area contributed by atoms with Crippen LogP contribution in [0.25, 0.3) is 0 Å². The minimum absolute atomic E-state index is 0.213. The molecule has 0 fully saturated rings. The van der Waals surface area contributed by atoms with Crippen molar-refractivity contribution in [1.82, 2.24) is 10.6 Å². The van der Waals surface area contributed by atoms with E-state index in [1.807, 2.05) is 36.4 Å². The summed E-state index contributed by atoms with van der Waals surface area (Å²) in [5.74, 6) is -0.387. The predicted octanol–water partition coefficient (Wildman–Crippen LogP) is 5.31. The Labute approximate surface area is 199 Å². The predicted molar refractivity (Wildman–Crippen MR) is 129 cm³/mol. The lowest BCUT2D eigenvalue weighted by Gasteiger charge is -2.27. The van der Waals surface area contributed by atoms with Crippen molar-refractivity contribution in [3.05, 3.63) is 61.2 Å². The molecule has 2 aromatic carbocycles. The van der Waals surface area contributed by atoms with E-state index in [-0.39, 0.29) is 11.0 Å². The standard InChI is InChI=1S/C16H12Cl3I2N3OS/c17-16(18,19)14(23-13(25)9-1-3-10(20)4-2-9)24-15(26)22-12-7-5-11(21)6-8-12/h1-8,14H,(H,23,25)(H2,22,24,26)/t14-/m1/s1. The van der Waals surface area contributed by atoms with Crippen molar-refractivity contribution in [3.8, 4) is 0 Å². The third-order valence-electron chi connectivity index (χ3n) is 3.09. The van der Waals surface area contributed by atoms with Crippen LogP contribution in [0.2, 0.25) is 0 Å². The van der Waals surface area contributed by atoms with Gasteiger partial charge in [-0.3, -0.25) is 4.79 Å². The van der Waals surface area contributed by atoms with Crippen molar-refractivity contribution in [2.24, 2.45) is 0 Å². The molecule has 0 heterocycles. The molecular formula is C16H12Cl3I2N3OS. The van der Waals surface area contributed by atoms with Crippen LogP contribution >= 0.6 is 92.2 Å². The Morgan fingerprint density at radius 3 is 1.92 bits per heavy atom. The molecule has 10 heteroatoms. The maximum atomic E-state index is 12.4. The van der Waals surface area contributed by atoms with Gasteiger partial charge in [0, 0.05) is 18.4 Å². The SMILES string of the molecule is O=C(N[C@H](NC(=S)Nc1ccc(I)cc1)C(Cl)(Cl)Cl)c1ccc(I)cc1. The van der Waals surface area contributed by atoms with E-state index >= 15 is 0 Å². The number of hydrogen-bond donors (Lipinski definition) is 3. The van der Waals surface area contributed by atoms with Crippen molar-refractivity contribution in [1.29, 1.82) is 0 Å². The zero-order valence-corrected chi connectivity index (χ0v) is 20.3. The number of carbonyl (C=O) groups excluding carboxylic acids is 1. The summed E-state index contributed by atoms with van der Waals surface area (Å²) in [4.78, 5) is 12.4. The lowest BCUT2D eigenvalue weighted by atomic mass is 10.2. The molecule has 0 spiro atoms. The summed E-state index contributed by atoms with van der Waals surface area (Å²) in [6.07, 6.45) is -1.02. The molecular weight excluding hydrogens is 642 g/mol. The van der Waals surface area contributed by atoms with Gasteiger partial charge < -0.3 is 16.0 Å². The summed E-state index contributed by atoms with van der Waals surface area (Å²) in [6, 6.07) is 14.6. The second-order valence-corrected chi connectivity index (χ2v) is 10.3. The first-order valence-corrected chi connectivity index (χ1v) is 10.8. The van der Waals surface area contributed by atoms with E-state index in [2.05, 4.69) is 61.1 Å². The molecule has 0 aromatic heterocycles. The smallest absolute Gasteiger partial charge is 0.252 e. The van der Waals surface area contributed by atoms with Crippen LogP contribution in [0.15, 0.2) is 48.5 Å². The summed E-state index contributed by atoms with van der Waals surface area (Å²) in [6.45, 7) is 0. The van der Waals surface area contributed by atoms with E-state index in [1.165, 1.54) is 0 Å². The fraction of sp³-hybridized carbons (Fsp3) is 0.125. The minimum atomic E-state index is -1.81. The maximum absolute atomic E-state index is 12.4. The van der Waals surface area contributed by atoms with Crippen LogP contribution in [0, 0.1) is 7.14 Å². The highest BCUT2D eigenvalue weighted by atomic mass is 127. The highest BCUT2D eigenvalue weighted by Crippen LogP contribution is 2.29. The van der Waals surface area contributed by atoms with Crippen LogP contribution in [0.4, 0.5) is 5.69 Å². The average Bonchev–Trinajstić information content (AvgIpc) is 2.56. The molecule has 1 amide bonds. The second-order valence-electron chi connectivity index (χ2n) is 5.06. The second kappa shape index (κ2) is 9.92. The number of thiocarbonyl (C=S) groups is 1. The highest BCUT2D eigenvalue weighted by Gasteiger charge is 2.34. The largest absolute Gasteiger partial charge is 0.339 e. The summed E-state index contributed by atoms with van der Waals surface area (Å²) >= 11 is 27.6. The molecule has 0 bridgehead atoms. The number of carbonyl (C=O) groups is 1. The van der Waals surface area contributed by atoms with Gasteiger partial charge in [-0.2, -0.15) is 0 Å². The molecule has 26 heavy (non-hydrogen) atoms. The van der Waals surface area contributed by atoms with Gasteiger partial charge in [0.15, 0.2) is 5.11 Å². The van der Waals surface area contributed by atoms with Crippen molar-refractivity contribution >= 4 is 109 Å². The van der Waals surface area contributed by atoms with E-state index < -0.39 is 9.96 Å². The summed E-state index contributed by atoms with van der Waals surface area (Å²) in [7, 11) is 0. The number of alkyl halides is 3. The number of nitrogens with one attached hydrogen (secondary N) is 3. The van der Waals surface area contributed by atoms with Crippen LogP contribution in [-0.2, 0) is 0 Å². The Morgan fingerprint density at radius 1 is 0.923 bits per heavy atom. The first-order chi connectivity index (χ1) is 12.1. The molecule has 4 nitrogen and oxygen atoms in total. The van der Waals surface area contributed by atoms with Gasteiger partial charge in [0.2, 0.25) is 3.79 Å². The molecule has 0 aliphatic carbocycles. The quantitative estimate of drug-likeness (QED) is 0.181. The fourth-order valence-electron chi connectivity index (χ4n) is 1.85. The van der Waals surface area contributed by atoms with Crippen molar-refractivity contribution < 1.29 is 4.79 Å². The molecule has 0 saturated heterocycles. The lowest BCUT2D eigenvalue weighted by Crippen LogP contribution is -2.56. The summed E-state index contributed by atoms with van der Waals surface area (Å²) in [5.41, 5.74) is 1.22. The lowest BCUT2D eigenvalue weighted by molar-refractivity contribution is 0.0934. The minimum Gasteiger partial charge on any atom is -0.339 e. The molecule has 0 radical (unpaired) electrons. The van der Waals surface area contributed by atoms with Gasteiger partial charge in [-0.05, 0) is 106 Å². The van der Waals surface area contributed by atoms with Gasteiger partial charge in [-0.1, -0.05) is 34.8 Å². The van der Waals surface area contributed by atoms with E-state index in [0.717, 1.165) is 12.8 Å². The Morgan fingerprint density at radius 2 is 1.42 bits per heavy atom. The number of benzene rings is 2. The van der Waals surface area contributed by atoms with E-state index in [4.69, 9.17) is 47.0 Å². The van der Waals surface area contributed by atoms with Gasteiger partial charge in [0.25, 0.3) is 5.91 Å². The Balaban J connectivity index is 2.04. The third-order valence-corrected chi connectivity index (χ3v) is 5.40. The van der Waals surface area contributed by atoms with E-state index in [9.17, 15) is 4.79 Å². The molecule has 1 atom stereocenters.